The lowest BCUT2D eigenvalue weighted by molar-refractivity contribution is -0.149. The number of rotatable bonds is 4. The molecule has 6 nitrogen and oxygen atoms in total. The van der Waals surface area contributed by atoms with Gasteiger partial charge in [-0.25, -0.2) is 4.98 Å². The van der Waals surface area contributed by atoms with E-state index in [-0.39, 0.29) is 24.2 Å². The number of aromatic nitrogens is 2. The summed E-state index contributed by atoms with van der Waals surface area (Å²) in [5.41, 5.74) is -0.522. The highest BCUT2D eigenvalue weighted by Crippen LogP contribution is 2.45. The number of hydrogen-bond acceptors (Lipinski definition) is 4. The van der Waals surface area contributed by atoms with Crippen molar-refractivity contribution in [3.63, 3.8) is 0 Å². The van der Waals surface area contributed by atoms with Crippen LogP contribution in [0.4, 0.5) is 0 Å². The van der Waals surface area contributed by atoms with Crippen molar-refractivity contribution in [3.05, 3.63) is 18.2 Å². The summed E-state index contributed by atoms with van der Waals surface area (Å²) in [4.78, 5) is 28.2. The summed E-state index contributed by atoms with van der Waals surface area (Å²) in [6, 6.07) is 0. The standard InChI is InChI=1S/C15H21N3O3/c1-11-16-6-8-18(11)9-7-17-14(20)12-10-13(19)21-15(12)4-2-3-5-15/h6,8,12H,2-5,7,9-10H2,1H3,(H,17,20)/t12-/m1/s1. The lowest BCUT2D eigenvalue weighted by atomic mass is 9.85. The zero-order chi connectivity index (χ0) is 14.9. The molecule has 1 aromatic rings. The van der Waals surface area contributed by atoms with E-state index in [1.165, 1.54) is 0 Å². The molecule has 2 heterocycles. The number of carbonyl (C=O) groups excluding carboxylic acids is 2. The third kappa shape index (κ3) is 2.66. The van der Waals surface area contributed by atoms with Gasteiger partial charge >= 0.3 is 5.97 Å². The van der Waals surface area contributed by atoms with Gasteiger partial charge in [0.05, 0.1) is 12.3 Å². The first-order chi connectivity index (χ1) is 10.1. The molecule has 21 heavy (non-hydrogen) atoms. The second-order valence-electron chi connectivity index (χ2n) is 5.96. The molecule has 2 aliphatic rings. The van der Waals surface area contributed by atoms with Crippen LogP contribution in [0, 0.1) is 12.8 Å². The monoisotopic (exact) mass is 291 g/mol. The van der Waals surface area contributed by atoms with Crippen molar-refractivity contribution in [2.24, 2.45) is 5.92 Å². The van der Waals surface area contributed by atoms with Gasteiger partial charge in [0.1, 0.15) is 11.4 Å². The Hall–Kier alpha value is -1.85. The maximum absolute atomic E-state index is 12.4. The van der Waals surface area contributed by atoms with Crippen LogP contribution in [0.2, 0.25) is 0 Å². The molecule has 1 aliphatic heterocycles. The molecular formula is C15H21N3O3. The van der Waals surface area contributed by atoms with E-state index >= 15 is 0 Å². The largest absolute Gasteiger partial charge is 0.458 e. The molecule has 6 heteroatoms. The van der Waals surface area contributed by atoms with Gasteiger partial charge in [0.15, 0.2) is 0 Å². The fourth-order valence-electron chi connectivity index (χ4n) is 3.51. The van der Waals surface area contributed by atoms with Crippen LogP contribution in [-0.4, -0.2) is 33.6 Å². The Morgan fingerprint density at radius 1 is 1.52 bits per heavy atom. The molecular weight excluding hydrogens is 270 g/mol. The van der Waals surface area contributed by atoms with Gasteiger partial charge in [-0.05, 0) is 32.6 Å². The van der Waals surface area contributed by atoms with Crippen molar-refractivity contribution in [1.82, 2.24) is 14.9 Å². The first-order valence-corrected chi connectivity index (χ1v) is 7.58. The molecule has 1 N–H and O–H groups in total. The molecule has 114 valence electrons. The van der Waals surface area contributed by atoms with Crippen LogP contribution >= 0.6 is 0 Å². The summed E-state index contributed by atoms with van der Waals surface area (Å²) in [7, 11) is 0. The third-order valence-corrected chi connectivity index (χ3v) is 4.66. The van der Waals surface area contributed by atoms with E-state index in [4.69, 9.17) is 4.74 Å². The number of nitrogens with one attached hydrogen (secondary N) is 1. The van der Waals surface area contributed by atoms with Gasteiger partial charge in [0.25, 0.3) is 0 Å². The first-order valence-electron chi connectivity index (χ1n) is 7.58. The van der Waals surface area contributed by atoms with Gasteiger partial charge in [-0.3, -0.25) is 9.59 Å². The fourth-order valence-corrected chi connectivity index (χ4v) is 3.51. The normalized spacial score (nSPS) is 23.5. The Bertz CT molecular complexity index is 546. The molecule has 1 saturated heterocycles. The topological polar surface area (TPSA) is 73.2 Å². The molecule has 2 fully saturated rings. The van der Waals surface area contributed by atoms with E-state index in [1.807, 2.05) is 17.7 Å². The predicted octanol–water partition coefficient (Wildman–Crippen LogP) is 1.18. The zero-order valence-corrected chi connectivity index (χ0v) is 12.3. The maximum atomic E-state index is 12.4. The smallest absolute Gasteiger partial charge is 0.307 e. The third-order valence-electron chi connectivity index (χ3n) is 4.66. The molecule has 0 aromatic carbocycles. The molecule has 1 saturated carbocycles. The minimum absolute atomic E-state index is 0.0551. The number of imidazole rings is 1. The Balaban J connectivity index is 1.57. The van der Waals surface area contributed by atoms with Gasteiger partial charge in [0.2, 0.25) is 5.91 Å². The molecule has 0 unspecified atom stereocenters. The van der Waals surface area contributed by atoms with E-state index < -0.39 is 5.60 Å². The number of amides is 1. The SMILES string of the molecule is Cc1nccn1CCNC(=O)[C@H]1CC(=O)OC12CCCC2. The average Bonchev–Trinajstić information content (AvgIpc) is 3.14. The Kier molecular flexibility index (Phi) is 3.69. The first kappa shape index (κ1) is 14.1. The van der Waals surface area contributed by atoms with Gasteiger partial charge < -0.3 is 14.6 Å². The highest BCUT2D eigenvalue weighted by atomic mass is 16.6. The van der Waals surface area contributed by atoms with Crippen LogP contribution in [0.15, 0.2) is 12.4 Å². The van der Waals surface area contributed by atoms with Gasteiger partial charge in [-0.2, -0.15) is 0 Å². The fraction of sp³-hybridized carbons (Fsp3) is 0.667. The van der Waals surface area contributed by atoms with Crippen LogP contribution < -0.4 is 5.32 Å². The van der Waals surface area contributed by atoms with Crippen molar-refractivity contribution >= 4 is 11.9 Å². The lowest BCUT2D eigenvalue weighted by Gasteiger charge is -2.27. The predicted molar refractivity (Wildman–Crippen MR) is 75.4 cm³/mol. The average molecular weight is 291 g/mol. The van der Waals surface area contributed by atoms with Gasteiger partial charge in [-0.1, -0.05) is 0 Å². The van der Waals surface area contributed by atoms with Gasteiger partial charge in [-0.15, -0.1) is 0 Å². The summed E-state index contributed by atoms with van der Waals surface area (Å²) in [5.74, 6) is 0.315. The van der Waals surface area contributed by atoms with Crippen molar-refractivity contribution in [2.75, 3.05) is 6.54 Å². The minimum atomic E-state index is -0.522. The van der Waals surface area contributed by atoms with Crippen molar-refractivity contribution < 1.29 is 14.3 Å². The number of carbonyl (C=O) groups is 2. The number of ether oxygens (including phenoxy) is 1. The Labute approximate surface area is 123 Å². The highest BCUT2D eigenvalue weighted by Gasteiger charge is 2.53. The van der Waals surface area contributed by atoms with Crippen LogP contribution in [0.25, 0.3) is 0 Å². The van der Waals surface area contributed by atoms with E-state index in [0.717, 1.165) is 31.5 Å². The van der Waals surface area contributed by atoms with E-state index in [0.29, 0.717) is 13.1 Å². The molecule has 1 aliphatic carbocycles. The molecule has 1 amide bonds. The van der Waals surface area contributed by atoms with Crippen molar-refractivity contribution in [3.8, 4) is 0 Å². The Morgan fingerprint density at radius 3 is 2.95 bits per heavy atom. The molecule has 1 atom stereocenters. The molecule has 1 aromatic heterocycles. The van der Waals surface area contributed by atoms with Gasteiger partial charge in [0, 0.05) is 25.5 Å². The van der Waals surface area contributed by atoms with Crippen LogP contribution in [0.3, 0.4) is 0 Å². The quantitative estimate of drug-likeness (QED) is 0.846. The molecule has 3 rings (SSSR count). The summed E-state index contributed by atoms with van der Waals surface area (Å²) in [6.07, 6.45) is 7.55. The van der Waals surface area contributed by atoms with Crippen LogP contribution in [0.1, 0.15) is 37.9 Å². The molecule has 0 bridgehead atoms. The van der Waals surface area contributed by atoms with E-state index in [2.05, 4.69) is 10.3 Å². The van der Waals surface area contributed by atoms with Crippen LogP contribution in [0.5, 0.6) is 0 Å². The number of hydrogen-bond donors (Lipinski definition) is 1. The summed E-state index contributed by atoms with van der Waals surface area (Å²) in [5, 5.41) is 2.94. The molecule has 1 spiro atoms. The second-order valence-corrected chi connectivity index (χ2v) is 5.96. The minimum Gasteiger partial charge on any atom is -0.458 e. The summed E-state index contributed by atoms with van der Waals surface area (Å²) in [6.45, 7) is 3.15. The highest BCUT2D eigenvalue weighted by molar-refractivity contribution is 5.87. The Morgan fingerprint density at radius 2 is 2.29 bits per heavy atom. The summed E-state index contributed by atoms with van der Waals surface area (Å²) >= 11 is 0. The lowest BCUT2D eigenvalue weighted by Crippen LogP contribution is -2.43. The van der Waals surface area contributed by atoms with E-state index in [9.17, 15) is 9.59 Å². The summed E-state index contributed by atoms with van der Waals surface area (Å²) < 4.78 is 7.49. The van der Waals surface area contributed by atoms with Crippen LogP contribution in [-0.2, 0) is 20.9 Å². The number of esters is 1. The maximum Gasteiger partial charge on any atom is 0.307 e. The zero-order valence-electron chi connectivity index (χ0n) is 12.3. The van der Waals surface area contributed by atoms with E-state index in [1.54, 1.807) is 6.20 Å². The molecule has 0 radical (unpaired) electrons. The number of aryl methyl sites for hydroxylation is 1. The van der Waals surface area contributed by atoms with Crippen molar-refractivity contribution in [1.29, 1.82) is 0 Å². The van der Waals surface area contributed by atoms with Crippen molar-refractivity contribution in [2.45, 2.75) is 51.2 Å². The number of nitrogens with zero attached hydrogens (tertiary/aromatic N) is 2. The second kappa shape index (κ2) is 5.50.